The highest BCUT2D eigenvalue weighted by Crippen LogP contribution is 1.98. The fourth-order valence-electron chi connectivity index (χ4n) is 1.32. The van der Waals surface area contributed by atoms with E-state index >= 15 is 0 Å². The Hall–Kier alpha value is -0.670. The minimum Gasteiger partial charge on any atom is -0.383 e. The Morgan fingerprint density at radius 3 is 1.46 bits per heavy atom. The lowest BCUT2D eigenvalue weighted by atomic mass is 10.2. The average Bonchev–Trinajstić information content (AvgIpc) is 2.66. The van der Waals surface area contributed by atoms with Crippen molar-refractivity contribution in [3.8, 4) is 0 Å². The normalized spacial score (nSPS) is 8.12. The zero-order valence-corrected chi connectivity index (χ0v) is 18.7. The first-order valence-electron chi connectivity index (χ1n) is 9.94. The van der Waals surface area contributed by atoms with Crippen molar-refractivity contribution in [2.45, 2.75) is 88.0 Å². The molecule has 0 saturated heterocycles. The highest BCUT2D eigenvalue weighted by Gasteiger charge is 2.02. The van der Waals surface area contributed by atoms with Gasteiger partial charge < -0.3 is 9.64 Å². The van der Waals surface area contributed by atoms with Crippen LogP contribution >= 0.6 is 0 Å². The summed E-state index contributed by atoms with van der Waals surface area (Å²) in [5.41, 5.74) is 0.574. The topological polar surface area (TPSA) is 29.5 Å². The van der Waals surface area contributed by atoms with Crippen LogP contribution in [0.2, 0.25) is 0 Å². The maximum absolute atomic E-state index is 9.41. The highest BCUT2D eigenvalue weighted by atomic mass is 16.5. The maximum Gasteiger partial charge on any atom is 0.145 e. The molecule has 0 aliphatic heterocycles. The summed E-state index contributed by atoms with van der Waals surface area (Å²) in [6, 6.07) is 0. The molecule has 0 aromatic carbocycles. The zero-order valence-electron chi connectivity index (χ0n) is 18.7. The Balaban J connectivity index is -0.0000000911. The van der Waals surface area contributed by atoms with Gasteiger partial charge in [-0.3, -0.25) is 4.79 Å². The Labute approximate surface area is 154 Å². The van der Waals surface area contributed by atoms with Crippen molar-refractivity contribution >= 4 is 6.29 Å². The third kappa shape index (κ3) is 49.6. The first-order valence-corrected chi connectivity index (χ1v) is 9.94. The molecule has 150 valence electrons. The summed E-state index contributed by atoms with van der Waals surface area (Å²) >= 11 is 0. The summed E-state index contributed by atoms with van der Waals surface area (Å²) in [4.78, 5) is 11.9. The number of hydrogen-bond acceptors (Lipinski definition) is 3. The monoisotopic (exact) mass is 347 g/mol. The van der Waals surface area contributed by atoms with Crippen LogP contribution in [0.1, 0.15) is 88.0 Å². The third-order valence-corrected chi connectivity index (χ3v) is 2.47. The maximum atomic E-state index is 9.41. The van der Waals surface area contributed by atoms with Crippen LogP contribution in [-0.2, 0) is 9.53 Å². The van der Waals surface area contributed by atoms with Gasteiger partial charge in [-0.25, -0.2) is 0 Å². The van der Waals surface area contributed by atoms with Crippen LogP contribution < -0.4 is 0 Å². The Bertz CT molecular complexity index is 175. The lowest BCUT2D eigenvalue weighted by molar-refractivity contribution is -0.104. The molecule has 0 aliphatic carbocycles. The number of ether oxygens (including phenoxy) is 1. The van der Waals surface area contributed by atoms with Crippen LogP contribution in [0.4, 0.5) is 0 Å². The van der Waals surface area contributed by atoms with E-state index in [2.05, 4.69) is 25.3 Å². The number of carbonyl (C=O) groups is 1. The van der Waals surface area contributed by atoms with Gasteiger partial charge >= 0.3 is 0 Å². The summed E-state index contributed by atoms with van der Waals surface area (Å²) in [6.07, 6.45) is 5.92. The van der Waals surface area contributed by atoms with Gasteiger partial charge in [-0.15, -0.1) is 0 Å². The Morgan fingerprint density at radius 1 is 0.917 bits per heavy atom. The molecule has 24 heavy (non-hydrogen) atoms. The number of rotatable bonds is 10. The summed E-state index contributed by atoms with van der Waals surface area (Å²) in [5.74, 6) is 0. The average molecular weight is 348 g/mol. The van der Waals surface area contributed by atoms with Crippen molar-refractivity contribution < 1.29 is 9.53 Å². The van der Waals surface area contributed by atoms with Crippen molar-refractivity contribution in [3.05, 3.63) is 12.2 Å². The Kier molecular flexibility index (Phi) is 62.4. The van der Waals surface area contributed by atoms with Gasteiger partial charge in [0, 0.05) is 13.7 Å². The standard InChI is InChI=1S/C11H25NO.C4H6O.3C2H6/c1-4-6-8-12(9-7-5-2)10-11-13-3;1-4(2)3-5;3*1-2/h4-11H2,1-3H3;3H,1H2,2H3;3*1-2H3. The quantitative estimate of drug-likeness (QED) is 0.339. The molecule has 0 N–H and O–H groups in total. The number of methoxy groups -OCH3 is 1. The van der Waals surface area contributed by atoms with Crippen LogP contribution in [0.5, 0.6) is 0 Å². The van der Waals surface area contributed by atoms with E-state index in [4.69, 9.17) is 4.74 Å². The summed E-state index contributed by atoms with van der Waals surface area (Å²) in [5, 5.41) is 0. The molecule has 0 spiro atoms. The van der Waals surface area contributed by atoms with Crippen molar-refractivity contribution in [2.24, 2.45) is 0 Å². The lowest BCUT2D eigenvalue weighted by Gasteiger charge is -2.21. The van der Waals surface area contributed by atoms with Gasteiger partial charge in [-0.2, -0.15) is 0 Å². The predicted molar refractivity (Wildman–Crippen MR) is 113 cm³/mol. The molecular formula is C21H49NO2. The first-order chi connectivity index (χ1) is 11.6. The smallest absolute Gasteiger partial charge is 0.145 e. The predicted octanol–water partition coefficient (Wildman–Crippen LogP) is 6.38. The van der Waals surface area contributed by atoms with E-state index in [0.717, 1.165) is 19.4 Å². The molecule has 0 atom stereocenters. The van der Waals surface area contributed by atoms with Crippen molar-refractivity contribution in [3.63, 3.8) is 0 Å². The third-order valence-electron chi connectivity index (χ3n) is 2.47. The van der Waals surface area contributed by atoms with Crippen molar-refractivity contribution in [1.82, 2.24) is 4.90 Å². The molecule has 0 unspecified atom stereocenters. The van der Waals surface area contributed by atoms with Crippen LogP contribution in [-0.4, -0.2) is 44.5 Å². The van der Waals surface area contributed by atoms with E-state index in [1.54, 1.807) is 14.0 Å². The second kappa shape index (κ2) is 43.2. The molecular weight excluding hydrogens is 298 g/mol. The second-order valence-corrected chi connectivity index (χ2v) is 4.51. The zero-order chi connectivity index (χ0) is 20.2. The molecule has 0 bridgehead atoms. The highest BCUT2D eigenvalue weighted by molar-refractivity contribution is 5.70. The van der Waals surface area contributed by atoms with E-state index in [9.17, 15) is 4.79 Å². The van der Waals surface area contributed by atoms with Gasteiger partial charge in [0.2, 0.25) is 0 Å². The lowest BCUT2D eigenvalue weighted by Crippen LogP contribution is -2.29. The van der Waals surface area contributed by atoms with Crippen LogP contribution in [0, 0.1) is 0 Å². The van der Waals surface area contributed by atoms with Crippen molar-refractivity contribution in [1.29, 1.82) is 0 Å². The fraction of sp³-hybridized carbons (Fsp3) is 0.857. The molecule has 0 aromatic heterocycles. The van der Waals surface area contributed by atoms with E-state index in [0.29, 0.717) is 5.57 Å². The van der Waals surface area contributed by atoms with Gasteiger partial charge in [0.1, 0.15) is 6.29 Å². The van der Waals surface area contributed by atoms with Gasteiger partial charge in [0.15, 0.2) is 0 Å². The number of unbranched alkanes of at least 4 members (excludes halogenated alkanes) is 2. The molecule has 0 saturated carbocycles. The summed E-state index contributed by atoms with van der Waals surface area (Å²) in [7, 11) is 1.78. The number of hydrogen-bond donors (Lipinski definition) is 0. The van der Waals surface area contributed by atoms with E-state index in [1.807, 2.05) is 41.5 Å². The van der Waals surface area contributed by atoms with Crippen LogP contribution in [0.15, 0.2) is 12.2 Å². The van der Waals surface area contributed by atoms with E-state index in [-0.39, 0.29) is 0 Å². The van der Waals surface area contributed by atoms with Gasteiger partial charge in [-0.1, -0.05) is 74.8 Å². The molecule has 0 rings (SSSR count). The second-order valence-electron chi connectivity index (χ2n) is 4.51. The molecule has 0 amide bonds. The fourth-order valence-corrected chi connectivity index (χ4v) is 1.32. The summed E-state index contributed by atoms with van der Waals surface area (Å²) < 4.78 is 5.09. The summed E-state index contributed by atoms with van der Waals surface area (Å²) in [6.45, 7) is 25.9. The minimum absolute atomic E-state index is 0.574. The molecule has 0 radical (unpaired) electrons. The van der Waals surface area contributed by atoms with Crippen LogP contribution in [0.25, 0.3) is 0 Å². The number of allylic oxidation sites excluding steroid dienone is 1. The Morgan fingerprint density at radius 2 is 1.25 bits per heavy atom. The minimum atomic E-state index is 0.574. The molecule has 0 aliphatic rings. The van der Waals surface area contributed by atoms with Crippen molar-refractivity contribution in [2.75, 3.05) is 33.4 Å². The molecule has 0 heterocycles. The molecule has 3 nitrogen and oxygen atoms in total. The SMILES string of the molecule is C=C(C)C=O.CC.CC.CC.CCCCN(CCCC)CCOC. The number of nitrogens with zero attached hydrogens (tertiary/aromatic N) is 1. The van der Waals surface area contributed by atoms with E-state index in [1.165, 1.54) is 38.8 Å². The molecule has 0 aromatic rings. The first kappa shape index (κ1) is 34.6. The van der Waals surface area contributed by atoms with E-state index < -0.39 is 0 Å². The molecule has 3 heteroatoms. The number of aldehydes is 1. The van der Waals surface area contributed by atoms with Gasteiger partial charge in [0.25, 0.3) is 0 Å². The largest absolute Gasteiger partial charge is 0.383 e. The molecule has 0 fully saturated rings. The van der Waals surface area contributed by atoms with Gasteiger partial charge in [-0.05, 0) is 38.4 Å². The number of carbonyl (C=O) groups excluding carboxylic acids is 1. The van der Waals surface area contributed by atoms with Crippen LogP contribution in [0.3, 0.4) is 0 Å². The van der Waals surface area contributed by atoms with Gasteiger partial charge in [0.05, 0.1) is 6.61 Å².